The second kappa shape index (κ2) is 3.82. The minimum Gasteiger partial charge on any atom is -0.224 e. The average Bonchev–Trinajstić information content (AvgIpc) is 1.95. The largest absolute Gasteiger partial charge is 0.224 e. The number of hydrogen-bond acceptors (Lipinski definition) is 2. The molecular weight excluding hydrogens is 374 g/mol. The zero-order chi connectivity index (χ0) is 10.2. The fourth-order valence-corrected chi connectivity index (χ4v) is 3.53. The topological polar surface area (TPSA) is 34.1 Å². The van der Waals surface area contributed by atoms with Crippen molar-refractivity contribution >= 4 is 48.4 Å². The Kier molecular flexibility index (Phi) is 3.34. The Hall–Kier alpha value is 0.310. The Labute approximate surface area is 97.7 Å². The van der Waals surface area contributed by atoms with Crippen LogP contribution in [0.25, 0.3) is 0 Å². The van der Waals surface area contributed by atoms with Gasteiger partial charge in [0.25, 0.3) is 0 Å². The van der Waals surface area contributed by atoms with E-state index >= 15 is 0 Å². The van der Waals surface area contributed by atoms with Crippen LogP contribution in [0.3, 0.4) is 0 Å². The van der Waals surface area contributed by atoms with Crippen LogP contribution in [0.1, 0.15) is 0 Å². The van der Waals surface area contributed by atoms with E-state index in [1.165, 1.54) is 12.1 Å². The van der Waals surface area contributed by atoms with Gasteiger partial charge >= 0.3 is 0 Å². The SMILES string of the molecule is CS(=O)(=O)c1c(Br)ccc(I)c1F. The van der Waals surface area contributed by atoms with Gasteiger partial charge in [-0.05, 0) is 50.7 Å². The maximum atomic E-state index is 13.3. The zero-order valence-electron chi connectivity index (χ0n) is 6.51. The molecule has 0 N–H and O–H groups in total. The molecule has 0 aliphatic heterocycles. The lowest BCUT2D eigenvalue weighted by atomic mass is 10.3. The van der Waals surface area contributed by atoms with Crippen molar-refractivity contribution in [2.45, 2.75) is 4.90 Å². The molecule has 6 heteroatoms. The van der Waals surface area contributed by atoms with Crippen LogP contribution in [0.5, 0.6) is 0 Å². The normalized spacial score (nSPS) is 11.7. The molecule has 0 bridgehead atoms. The van der Waals surface area contributed by atoms with Crippen LogP contribution in [-0.2, 0) is 9.84 Å². The summed E-state index contributed by atoms with van der Waals surface area (Å²) in [7, 11) is -3.51. The summed E-state index contributed by atoms with van der Waals surface area (Å²) in [5, 5.41) is 0. The van der Waals surface area contributed by atoms with Crippen LogP contribution in [0.2, 0.25) is 0 Å². The van der Waals surface area contributed by atoms with Crippen molar-refractivity contribution in [3.8, 4) is 0 Å². The average molecular weight is 379 g/mol. The van der Waals surface area contributed by atoms with Gasteiger partial charge in [-0.1, -0.05) is 0 Å². The third-order valence-electron chi connectivity index (χ3n) is 1.37. The fourth-order valence-electron chi connectivity index (χ4n) is 0.848. The monoisotopic (exact) mass is 378 g/mol. The molecule has 1 aromatic rings. The highest BCUT2D eigenvalue weighted by Crippen LogP contribution is 2.27. The molecule has 0 aliphatic carbocycles. The summed E-state index contributed by atoms with van der Waals surface area (Å²) in [6.07, 6.45) is 0.978. The third-order valence-corrected chi connectivity index (χ3v) is 4.27. The molecule has 0 aromatic heterocycles. The van der Waals surface area contributed by atoms with E-state index in [0.717, 1.165) is 6.26 Å². The molecule has 1 aromatic carbocycles. The molecule has 0 fully saturated rings. The molecule has 0 heterocycles. The van der Waals surface area contributed by atoms with Crippen molar-refractivity contribution in [2.75, 3.05) is 6.26 Å². The van der Waals surface area contributed by atoms with Gasteiger partial charge < -0.3 is 0 Å². The second-order valence-electron chi connectivity index (χ2n) is 2.44. The van der Waals surface area contributed by atoms with Crippen LogP contribution in [0.4, 0.5) is 4.39 Å². The van der Waals surface area contributed by atoms with Crippen LogP contribution >= 0.6 is 38.5 Å². The van der Waals surface area contributed by atoms with Crippen molar-refractivity contribution in [1.82, 2.24) is 0 Å². The minimum atomic E-state index is -3.51. The van der Waals surface area contributed by atoms with Gasteiger partial charge in [0, 0.05) is 10.7 Å². The Bertz CT molecular complexity index is 444. The molecule has 0 radical (unpaired) electrons. The van der Waals surface area contributed by atoms with Crippen molar-refractivity contribution in [3.63, 3.8) is 0 Å². The third kappa shape index (κ3) is 2.41. The molecule has 13 heavy (non-hydrogen) atoms. The van der Waals surface area contributed by atoms with Gasteiger partial charge in [-0.25, -0.2) is 12.8 Å². The summed E-state index contributed by atoms with van der Waals surface area (Å²) < 4.78 is 36.2. The first-order chi connectivity index (χ1) is 5.84. The summed E-state index contributed by atoms with van der Waals surface area (Å²) in [6.45, 7) is 0. The van der Waals surface area contributed by atoms with E-state index < -0.39 is 15.7 Å². The van der Waals surface area contributed by atoms with Crippen LogP contribution < -0.4 is 0 Å². The van der Waals surface area contributed by atoms with Gasteiger partial charge in [-0.15, -0.1) is 0 Å². The standard InChI is InChI=1S/C7H5BrFIO2S/c1-13(11,12)7-4(8)2-3-5(10)6(7)9/h2-3H,1H3. The van der Waals surface area contributed by atoms with E-state index in [1.807, 2.05) is 0 Å². The number of benzene rings is 1. The quantitative estimate of drug-likeness (QED) is 0.556. The van der Waals surface area contributed by atoms with Crippen molar-refractivity contribution in [3.05, 3.63) is 26.0 Å². The first kappa shape index (κ1) is 11.4. The number of halogens is 3. The maximum Gasteiger partial charge on any atom is 0.179 e. The van der Waals surface area contributed by atoms with E-state index in [2.05, 4.69) is 15.9 Å². The lowest BCUT2D eigenvalue weighted by Crippen LogP contribution is -2.03. The molecule has 72 valence electrons. The Balaban J connectivity index is 3.62. The summed E-state index contributed by atoms with van der Waals surface area (Å²) in [6, 6.07) is 3.02. The molecule has 0 saturated carbocycles. The van der Waals surface area contributed by atoms with E-state index in [0.29, 0.717) is 3.57 Å². The molecule has 0 unspecified atom stereocenters. The van der Waals surface area contributed by atoms with Crippen LogP contribution in [-0.4, -0.2) is 14.7 Å². The van der Waals surface area contributed by atoms with E-state index in [9.17, 15) is 12.8 Å². The van der Waals surface area contributed by atoms with Crippen LogP contribution in [0.15, 0.2) is 21.5 Å². The zero-order valence-corrected chi connectivity index (χ0v) is 11.1. The Morgan fingerprint density at radius 3 is 2.38 bits per heavy atom. The van der Waals surface area contributed by atoms with Crippen molar-refractivity contribution in [2.24, 2.45) is 0 Å². The lowest BCUT2D eigenvalue weighted by molar-refractivity contribution is 0.564. The van der Waals surface area contributed by atoms with E-state index in [-0.39, 0.29) is 9.37 Å². The van der Waals surface area contributed by atoms with Crippen molar-refractivity contribution in [1.29, 1.82) is 0 Å². The molecule has 0 amide bonds. The van der Waals surface area contributed by atoms with Gasteiger partial charge in [0.1, 0.15) is 4.90 Å². The second-order valence-corrected chi connectivity index (χ2v) is 6.41. The Morgan fingerprint density at radius 2 is 2.00 bits per heavy atom. The summed E-state index contributed by atoms with van der Waals surface area (Å²) in [4.78, 5) is -0.278. The van der Waals surface area contributed by atoms with E-state index in [4.69, 9.17) is 0 Å². The van der Waals surface area contributed by atoms with Gasteiger partial charge in [-0.3, -0.25) is 0 Å². The Morgan fingerprint density at radius 1 is 1.46 bits per heavy atom. The molecule has 0 saturated heterocycles. The van der Waals surface area contributed by atoms with Gasteiger partial charge in [0.05, 0.1) is 3.57 Å². The molecule has 0 aliphatic rings. The summed E-state index contributed by atoms with van der Waals surface area (Å²) >= 11 is 4.74. The highest BCUT2D eigenvalue weighted by molar-refractivity contribution is 14.1. The molecule has 2 nitrogen and oxygen atoms in total. The number of sulfone groups is 1. The van der Waals surface area contributed by atoms with Gasteiger partial charge in [0.15, 0.2) is 15.7 Å². The molecule has 0 spiro atoms. The minimum absolute atomic E-state index is 0.257. The number of rotatable bonds is 1. The predicted molar refractivity (Wildman–Crippen MR) is 59.9 cm³/mol. The predicted octanol–water partition coefficient (Wildman–Crippen LogP) is 2.60. The van der Waals surface area contributed by atoms with E-state index in [1.54, 1.807) is 22.6 Å². The smallest absolute Gasteiger partial charge is 0.179 e. The molecular formula is C7H5BrFIO2S. The van der Waals surface area contributed by atoms with Gasteiger partial charge in [-0.2, -0.15) is 0 Å². The maximum absolute atomic E-state index is 13.3. The number of hydrogen-bond donors (Lipinski definition) is 0. The molecule has 1 rings (SSSR count). The van der Waals surface area contributed by atoms with Crippen molar-refractivity contribution < 1.29 is 12.8 Å². The highest BCUT2D eigenvalue weighted by Gasteiger charge is 2.19. The summed E-state index contributed by atoms with van der Waals surface area (Å²) in [5.74, 6) is -0.697. The first-order valence-electron chi connectivity index (χ1n) is 3.17. The van der Waals surface area contributed by atoms with Crippen LogP contribution in [0, 0.1) is 9.39 Å². The fraction of sp³-hybridized carbons (Fsp3) is 0.143. The molecule has 0 atom stereocenters. The highest BCUT2D eigenvalue weighted by atomic mass is 127. The van der Waals surface area contributed by atoms with Gasteiger partial charge in [0.2, 0.25) is 0 Å². The first-order valence-corrected chi connectivity index (χ1v) is 6.94. The lowest BCUT2D eigenvalue weighted by Gasteiger charge is -2.04. The summed E-state index contributed by atoms with van der Waals surface area (Å²) in [5.41, 5.74) is 0.